The molecular formula is C18H29FN2. The van der Waals surface area contributed by atoms with Crippen LogP contribution in [0.15, 0.2) is 18.2 Å². The third-order valence-electron chi connectivity index (χ3n) is 4.40. The molecule has 1 fully saturated rings. The molecule has 0 bridgehead atoms. The van der Waals surface area contributed by atoms with Gasteiger partial charge in [-0.15, -0.1) is 0 Å². The molecule has 1 heterocycles. The quantitative estimate of drug-likeness (QED) is 0.859. The van der Waals surface area contributed by atoms with Gasteiger partial charge >= 0.3 is 0 Å². The predicted octanol–water partition coefficient (Wildman–Crippen LogP) is 4.51. The molecule has 0 aromatic heterocycles. The third-order valence-corrected chi connectivity index (χ3v) is 4.40. The van der Waals surface area contributed by atoms with Crippen molar-refractivity contribution in [2.24, 2.45) is 5.41 Å². The van der Waals surface area contributed by atoms with Gasteiger partial charge in [-0.1, -0.05) is 26.8 Å². The number of nitrogens with zero attached hydrogens (tertiary/aromatic N) is 1. The Morgan fingerprint density at radius 3 is 2.81 bits per heavy atom. The number of nitrogens with one attached hydrogen (secondary N) is 1. The van der Waals surface area contributed by atoms with E-state index in [0.29, 0.717) is 5.41 Å². The predicted molar refractivity (Wildman–Crippen MR) is 88.3 cm³/mol. The Hall–Kier alpha value is -1.09. The number of benzene rings is 1. The SMILES string of the molecule is CCCNC(C)c1c(F)cccc1N1CCCC(C)(C)C1. The maximum absolute atomic E-state index is 14.4. The highest BCUT2D eigenvalue weighted by Gasteiger charge is 2.29. The first-order valence-corrected chi connectivity index (χ1v) is 8.21. The highest BCUT2D eigenvalue weighted by Crippen LogP contribution is 2.35. The van der Waals surface area contributed by atoms with Gasteiger partial charge in [0.15, 0.2) is 0 Å². The van der Waals surface area contributed by atoms with Crippen LogP contribution in [0.2, 0.25) is 0 Å². The summed E-state index contributed by atoms with van der Waals surface area (Å²) in [5.74, 6) is -0.0908. The van der Waals surface area contributed by atoms with Gasteiger partial charge in [-0.3, -0.25) is 0 Å². The summed E-state index contributed by atoms with van der Waals surface area (Å²) in [5, 5.41) is 3.42. The maximum atomic E-state index is 14.4. The average Bonchev–Trinajstić information content (AvgIpc) is 2.43. The molecule has 2 nitrogen and oxygen atoms in total. The molecule has 1 atom stereocenters. The fourth-order valence-corrected chi connectivity index (χ4v) is 3.32. The van der Waals surface area contributed by atoms with E-state index in [4.69, 9.17) is 0 Å². The van der Waals surface area contributed by atoms with Crippen molar-refractivity contribution in [3.05, 3.63) is 29.6 Å². The minimum atomic E-state index is -0.0908. The lowest BCUT2D eigenvalue weighted by atomic mass is 9.83. The molecule has 0 saturated carbocycles. The van der Waals surface area contributed by atoms with Crippen LogP contribution in [0, 0.1) is 11.2 Å². The van der Waals surface area contributed by atoms with Crippen LogP contribution < -0.4 is 10.2 Å². The molecule has 0 radical (unpaired) electrons. The Bertz CT molecular complexity index is 470. The summed E-state index contributed by atoms with van der Waals surface area (Å²) >= 11 is 0. The highest BCUT2D eigenvalue weighted by atomic mass is 19.1. The van der Waals surface area contributed by atoms with E-state index < -0.39 is 0 Å². The zero-order valence-electron chi connectivity index (χ0n) is 13.9. The maximum Gasteiger partial charge on any atom is 0.130 e. The van der Waals surface area contributed by atoms with Crippen molar-refractivity contribution in [3.8, 4) is 0 Å². The minimum Gasteiger partial charge on any atom is -0.371 e. The normalized spacial score (nSPS) is 19.6. The Morgan fingerprint density at radius 1 is 1.38 bits per heavy atom. The molecule has 2 rings (SSSR count). The molecule has 0 spiro atoms. The zero-order valence-corrected chi connectivity index (χ0v) is 13.9. The molecule has 1 aliphatic rings. The molecule has 1 aromatic carbocycles. The molecule has 1 N–H and O–H groups in total. The Balaban J connectivity index is 2.28. The summed E-state index contributed by atoms with van der Waals surface area (Å²) < 4.78 is 14.4. The van der Waals surface area contributed by atoms with Crippen molar-refractivity contribution in [1.29, 1.82) is 0 Å². The largest absolute Gasteiger partial charge is 0.371 e. The van der Waals surface area contributed by atoms with Crippen LogP contribution in [-0.2, 0) is 0 Å². The van der Waals surface area contributed by atoms with Gasteiger partial charge in [-0.05, 0) is 50.3 Å². The number of hydrogen-bond acceptors (Lipinski definition) is 2. The van der Waals surface area contributed by atoms with E-state index in [-0.39, 0.29) is 11.9 Å². The molecule has 1 aliphatic heterocycles. The number of halogens is 1. The summed E-state index contributed by atoms with van der Waals surface area (Å²) in [6.45, 7) is 11.8. The first-order valence-electron chi connectivity index (χ1n) is 8.21. The van der Waals surface area contributed by atoms with Crippen LogP contribution in [0.1, 0.15) is 58.6 Å². The van der Waals surface area contributed by atoms with Crippen molar-refractivity contribution in [2.45, 2.75) is 53.0 Å². The van der Waals surface area contributed by atoms with Gasteiger partial charge in [-0.2, -0.15) is 0 Å². The van der Waals surface area contributed by atoms with Gasteiger partial charge in [-0.25, -0.2) is 4.39 Å². The van der Waals surface area contributed by atoms with Gasteiger partial charge in [0.2, 0.25) is 0 Å². The lowest BCUT2D eigenvalue weighted by Gasteiger charge is -2.40. The molecule has 3 heteroatoms. The molecule has 1 saturated heterocycles. The van der Waals surface area contributed by atoms with Crippen LogP contribution in [0.3, 0.4) is 0 Å². The number of piperidine rings is 1. The number of rotatable bonds is 5. The number of hydrogen-bond donors (Lipinski definition) is 1. The minimum absolute atomic E-state index is 0.0474. The van der Waals surface area contributed by atoms with Gasteiger partial charge in [0.05, 0.1) is 0 Å². The summed E-state index contributed by atoms with van der Waals surface area (Å²) in [6.07, 6.45) is 3.49. The molecular weight excluding hydrogens is 263 g/mol. The standard InChI is InChI=1S/C18H29FN2/c1-5-11-20-14(2)17-15(19)8-6-9-16(17)21-12-7-10-18(3,4)13-21/h6,8-9,14,20H,5,7,10-13H2,1-4H3. The third kappa shape index (κ3) is 3.97. The lowest BCUT2D eigenvalue weighted by Crippen LogP contribution is -2.41. The first-order chi connectivity index (χ1) is 9.94. The Kier molecular flexibility index (Phi) is 5.26. The van der Waals surface area contributed by atoms with Crippen molar-refractivity contribution in [3.63, 3.8) is 0 Å². The Morgan fingerprint density at radius 2 is 2.14 bits per heavy atom. The fraction of sp³-hybridized carbons (Fsp3) is 0.667. The summed E-state index contributed by atoms with van der Waals surface area (Å²) in [7, 11) is 0. The van der Waals surface area contributed by atoms with Gasteiger partial charge < -0.3 is 10.2 Å². The van der Waals surface area contributed by atoms with Crippen LogP contribution in [-0.4, -0.2) is 19.6 Å². The smallest absolute Gasteiger partial charge is 0.130 e. The summed E-state index contributed by atoms with van der Waals surface area (Å²) in [6, 6.07) is 5.54. The van der Waals surface area contributed by atoms with Crippen LogP contribution in [0.5, 0.6) is 0 Å². The van der Waals surface area contributed by atoms with Crippen molar-refractivity contribution >= 4 is 5.69 Å². The van der Waals surface area contributed by atoms with E-state index in [2.05, 4.69) is 44.0 Å². The van der Waals surface area contributed by atoms with Gasteiger partial charge in [0.1, 0.15) is 5.82 Å². The summed E-state index contributed by atoms with van der Waals surface area (Å²) in [5.41, 5.74) is 2.20. The molecule has 1 unspecified atom stereocenters. The lowest BCUT2D eigenvalue weighted by molar-refractivity contribution is 0.292. The van der Waals surface area contributed by atoms with Crippen molar-refractivity contribution in [1.82, 2.24) is 5.32 Å². The zero-order chi connectivity index (χ0) is 15.5. The van der Waals surface area contributed by atoms with Crippen LogP contribution in [0.25, 0.3) is 0 Å². The van der Waals surface area contributed by atoms with E-state index in [1.807, 2.05) is 6.07 Å². The van der Waals surface area contributed by atoms with Crippen molar-refractivity contribution < 1.29 is 4.39 Å². The molecule has 21 heavy (non-hydrogen) atoms. The second kappa shape index (κ2) is 6.78. The second-order valence-corrected chi connectivity index (χ2v) is 7.04. The van der Waals surface area contributed by atoms with E-state index in [0.717, 1.165) is 37.3 Å². The molecule has 118 valence electrons. The van der Waals surface area contributed by atoms with E-state index in [1.165, 1.54) is 12.8 Å². The second-order valence-electron chi connectivity index (χ2n) is 7.04. The van der Waals surface area contributed by atoms with E-state index in [9.17, 15) is 4.39 Å². The van der Waals surface area contributed by atoms with Crippen LogP contribution in [0.4, 0.5) is 10.1 Å². The first kappa shape index (κ1) is 16.3. The van der Waals surface area contributed by atoms with E-state index >= 15 is 0 Å². The van der Waals surface area contributed by atoms with Crippen molar-refractivity contribution in [2.75, 3.05) is 24.5 Å². The summed E-state index contributed by atoms with van der Waals surface area (Å²) in [4.78, 5) is 2.37. The van der Waals surface area contributed by atoms with Gasteiger partial charge in [0.25, 0.3) is 0 Å². The fourth-order valence-electron chi connectivity index (χ4n) is 3.32. The van der Waals surface area contributed by atoms with Crippen LogP contribution >= 0.6 is 0 Å². The molecule has 0 amide bonds. The number of anilines is 1. The Labute approximate surface area is 128 Å². The van der Waals surface area contributed by atoms with Gasteiger partial charge in [0, 0.05) is 30.4 Å². The average molecular weight is 292 g/mol. The van der Waals surface area contributed by atoms with E-state index in [1.54, 1.807) is 6.07 Å². The molecule has 0 aliphatic carbocycles. The topological polar surface area (TPSA) is 15.3 Å². The monoisotopic (exact) mass is 292 g/mol. The molecule has 1 aromatic rings. The highest BCUT2D eigenvalue weighted by molar-refractivity contribution is 5.56.